The third-order valence-electron chi connectivity index (χ3n) is 4.10. The van der Waals surface area contributed by atoms with Gasteiger partial charge in [0.1, 0.15) is 0 Å². The summed E-state index contributed by atoms with van der Waals surface area (Å²) in [5.41, 5.74) is 4.00. The van der Waals surface area contributed by atoms with Crippen LogP contribution >= 0.6 is 0 Å². The van der Waals surface area contributed by atoms with Crippen molar-refractivity contribution in [1.82, 2.24) is 4.90 Å². The highest BCUT2D eigenvalue weighted by Gasteiger charge is 2.26. The van der Waals surface area contributed by atoms with Crippen molar-refractivity contribution in [3.8, 4) is 0 Å². The van der Waals surface area contributed by atoms with E-state index in [-0.39, 0.29) is 11.9 Å². The number of carbonyl (C=O) groups is 1. The Morgan fingerprint density at radius 2 is 2.15 bits per heavy atom. The predicted octanol–water partition coefficient (Wildman–Crippen LogP) is 3.08. The molecule has 20 heavy (non-hydrogen) atoms. The first-order valence-corrected chi connectivity index (χ1v) is 7.55. The number of benzene rings is 1. The second-order valence-electron chi connectivity index (χ2n) is 5.74. The Bertz CT molecular complexity index is 470. The van der Waals surface area contributed by atoms with Crippen LogP contribution in [0.25, 0.3) is 0 Å². The number of aryl methyl sites for hydroxylation is 2. The van der Waals surface area contributed by atoms with Gasteiger partial charge in [-0.15, -0.1) is 0 Å². The van der Waals surface area contributed by atoms with E-state index < -0.39 is 0 Å². The van der Waals surface area contributed by atoms with Crippen LogP contribution < -0.4 is 0 Å². The lowest BCUT2D eigenvalue weighted by Crippen LogP contribution is -2.38. The van der Waals surface area contributed by atoms with E-state index in [0.29, 0.717) is 6.61 Å². The van der Waals surface area contributed by atoms with Crippen molar-refractivity contribution < 1.29 is 9.53 Å². The maximum absolute atomic E-state index is 11.8. The van der Waals surface area contributed by atoms with Crippen molar-refractivity contribution in [2.24, 2.45) is 5.92 Å². The molecule has 1 fully saturated rings. The van der Waals surface area contributed by atoms with E-state index in [2.05, 4.69) is 36.9 Å². The molecule has 110 valence electrons. The van der Waals surface area contributed by atoms with Gasteiger partial charge in [0.15, 0.2) is 0 Å². The Labute approximate surface area is 121 Å². The fraction of sp³-hybridized carbons (Fsp3) is 0.588. The van der Waals surface area contributed by atoms with Crippen LogP contribution in [0.2, 0.25) is 0 Å². The van der Waals surface area contributed by atoms with Crippen LogP contribution in [0, 0.1) is 19.8 Å². The van der Waals surface area contributed by atoms with E-state index in [0.717, 1.165) is 32.5 Å². The highest BCUT2D eigenvalue weighted by Crippen LogP contribution is 2.20. The summed E-state index contributed by atoms with van der Waals surface area (Å²) in [7, 11) is 0. The van der Waals surface area contributed by atoms with Gasteiger partial charge in [-0.25, -0.2) is 0 Å². The largest absolute Gasteiger partial charge is 0.466 e. The van der Waals surface area contributed by atoms with E-state index in [4.69, 9.17) is 4.74 Å². The molecule has 0 saturated carbocycles. The lowest BCUT2D eigenvalue weighted by Gasteiger charge is -2.31. The Kier molecular flexibility index (Phi) is 5.18. The number of esters is 1. The molecule has 0 radical (unpaired) electrons. The quantitative estimate of drug-likeness (QED) is 0.791. The monoisotopic (exact) mass is 275 g/mol. The summed E-state index contributed by atoms with van der Waals surface area (Å²) < 4.78 is 5.15. The number of rotatable bonds is 4. The molecule has 3 heteroatoms. The molecule has 0 aliphatic carbocycles. The van der Waals surface area contributed by atoms with E-state index in [1.807, 2.05) is 6.92 Å². The van der Waals surface area contributed by atoms with Gasteiger partial charge in [0.25, 0.3) is 0 Å². The number of carbonyl (C=O) groups excluding carboxylic acids is 1. The molecular weight excluding hydrogens is 250 g/mol. The van der Waals surface area contributed by atoms with Crippen molar-refractivity contribution in [1.29, 1.82) is 0 Å². The summed E-state index contributed by atoms with van der Waals surface area (Å²) in [6.45, 7) is 9.46. The number of likely N-dealkylation sites (tertiary alicyclic amines) is 1. The summed E-state index contributed by atoms with van der Waals surface area (Å²) in [5.74, 6) is 0.0209. The predicted molar refractivity (Wildman–Crippen MR) is 80.6 cm³/mol. The SMILES string of the molecule is CCOC(=O)C1CCCN(Cc2ccc(C)c(C)c2)C1. The third-order valence-corrected chi connectivity index (χ3v) is 4.10. The molecule has 1 aromatic carbocycles. The van der Waals surface area contributed by atoms with Gasteiger partial charge in [-0.05, 0) is 56.8 Å². The molecule has 1 heterocycles. The van der Waals surface area contributed by atoms with Crippen molar-refractivity contribution >= 4 is 5.97 Å². The molecule has 0 amide bonds. The van der Waals surface area contributed by atoms with Gasteiger partial charge in [-0.2, -0.15) is 0 Å². The first-order valence-electron chi connectivity index (χ1n) is 7.55. The minimum atomic E-state index is -0.0303. The smallest absolute Gasteiger partial charge is 0.310 e. The van der Waals surface area contributed by atoms with Gasteiger partial charge in [-0.3, -0.25) is 9.69 Å². The number of nitrogens with zero attached hydrogens (tertiary/aromatic N) is 1. The van der Waals surface area contributed by atoms with Crippen LogP contribution in [-0.4, -0.2) is 30.6 Å². The fourth-order valence-electron chi connectivity index (χ4n) is 2.81. The molecule has 0 bridgehead atoms. The topological polar surface area (TPSA) is 29.5 Å². The lowest BCUT2D eigenvalue weighted by molar-refractivity contribution is -0.150. The second-order valence-corrected chi connectivity index (χ2v) is 5.74. The average molecular weight is 275 g/mol. The fourth-order valence-corrected chi connectivity index (χ4v) is 2.81. The summed E-state index contributed by atoms with van der Waals surface area (Å²) in [5, 5.41) is 0. The van der Waals surface area contributed by atoms with E-state index in [1.165, 1.54) is 16.7 Å². The average Bonchev–Trinajstić information content (AvgIpc) is 2.43. The normalized spacial score (nSPS) is 19.9. The summed E-state index contributed by atoms with van der Waals surface area (Å²) in [6.07, 6.45) is 2.04. The van der Waals surface area contributed by atoms with Crippen molar-refractivity contribution in [3.63, 3.8) is 0 Å². The minimum absolute atomic E-state index is 0.0303. The Morgan fingerprint density at radius 1 is 1.35 bits per heavy atom. The molecule has 2 rings (SSSR count). The zero-order valence-corrected chi connectivity index (χ0v) is 12.8. The van der Waals surface area contributed by atoms with E-state index in [9.17, 15) is 4.79 Å². The molecule has 1 unspecified atom stereocenters. The number of ether oxygens (including phenoxy) is 1. The second kappa shape index (κ2) is 6.89. The van der Waals surface area contributed by atoms with Gasteiger partial charge < -0.3 is 4.74 Å². The highest BCUT2D eigenvalue weighted by atomic mass is 16.5. The van der Waals surface area contributed by atoms with E-state index >= 15 is 0 Å². The molecule has 1 atom stereocenters. The Balaban J connectivity index is 1.95. The Hall–Kier alpha value is -1.35. The van der Waals surface area contributed by atoms with Crippen molar-refractivity contribution in [3.05, 3.63) is 34.9 Å². The van der Waals surface area contributed by atoms with Crippen LogP contribution in [0.5, 0.6) is 0 Å². The lowest BCUT2D eigenvalue weighted by atomic mass is 9.97. The van der Waals surface area contributed by atoms with Gasteiger partial charge >= 0.3 is 5.97 Å². The molecule has 0 N–H and O–H groups in total. The number of hydrogen-bond donors (Lipinski definition) is 0. The summed E-state index contributed by atoms with van der Waals surface area (Å²) in [4.78, 5) is 14.2. The van der Waals surface area contributed by atoms with Crippen LogP contribution in [-0.2, 0) is 16.1 Å². The maximum atomic E-state index is 11.8. The van der Waals surface area contributed by atoms with Gasteiger partial charge in [0.05, 0.1) is 12.5 Å². The van der Waals surface area contributed by atoms with Crippen molar-refractivity contribution in [2.45, 2.75) is 40.2 Å². The molecule has 0 spiro atoms. The number of hydrogen-bond acceptors (Lipinski definition) is 3. The third kappa shape index (κ3) is 3.83. The molecule has 0 aromatic heterocycles. The minimum Gasteiger partial charge on any atom is -0.466 e. The first-order chi connectivity index (χ1) is 9.60. The van der Waals surface area contributed by atoms with E-state index in [1.54, 1.807) is 0 Å². The molecule has 1 saturated heterocycles. The van der Waals surface area contributed by atoms with Crippen LogP contribution in [0.4, 0.5) is 0 Å². The molecular formula is C17H25NO2. The van der Waals surface area contributed by atoms with Crippen molar-refractivity contribution in [2.75, 3.05) is 19.7 Å². The standard InChI is InChI=1S/C17H25NO2/c1-4-20-17(19)16-6-5-9-18(12-16)11-15-8-7-13(2)14(3)10-15/h7-8,10,16H,4-6,9,11-12H2,1-3H3. The zero-order valence-electron chi connectivity index (χ0n) is 12.8. The summed E-state index contributed by atoms with van der Waals surface area (Å²) >= 11 is 0. The van der Waals surface area contributed by atoms with Gasteiger partial charge in [0.2, 0.25) is 0 Å². The number of piperidine rings is 1. The molecule has 1 aliphatic heterocycles. The summed E-state index contributed by atoms with van der Waals surface area (Å²) in [6, 6.07) is 6.62. The van der Waals surface area contributed by atoms with Crippen LogP contribution in [0.3, 0.4) is 0 Å². The molecule has 1 aromatic rings. The molecule has 3 nitrogen and oxygen atoms in total. The first kappa shape index (κ1) is 15.0. The molecule has 1 aliphatic rings. The van der Waals surface area contributed by atoms with Crippen LogP contribution in [0.15, 0.2) is 18.2 Å². The maximum Gasteiger partial charge on any atom is 0.310 e. The Morgan fingerprint density at radius 3 is 2.85 bits per heavy atom. The van der Waals surface area contributed by atoms with Gasteiger partial charge in [0, 0.05) is 13.1 Å². The zero-order chi connectivity index (χ0) is 14.5. The highest BCUT2D eigenvalue weighted by molar-refractivity contribution is 5.72. The van der Waals surface area contributed by atoms with Gasteiger partial charge in [-0.1, -0.05) is 18.2 Å². The van der Waals surface area contributed by atoms with Crippen LogP contribution in [0.1, 0.15) is 36.5 Å².